The molecular weight excluding hydrogens is 282 g/mol. The van der Waals surface area contributed by atoms with Crippen molar-refractivity contribution in [3.05, 3.63) is 0 Å². The molecular formula is C11H26ClN7O. The predicted molar refractivity (Wildman–Crippen MR) is 84.2 cm³/mol. The van der Waals surface area contributed by atoms with Crippen molar-refractivity contribution in [2.45, 2.75) is 27.7 Å². The van der Waals surface area contributed by atoms with Crippen LogP contribution in [0.3, 0.4) is 0 Å². The van der Waals surface area contributed by atoms with Crippen molar-refractivity contribution >= 4 is 30.1 Å². The molecule has 0 saturated carbocycles. The summed E-state index contributed by atoms with van der Waals surface area (Å²) in [5.41, 5.74) is 16.4. The number of nitrogens with one attached hydrogen (secondary N) is 3. The lowest BCUT2D eigenvalue weighted by Crippen LogP contribution is -2.16. The summed E-state index contributed by atoms with van der Waals surface area (Å²) < 4.78 is 4.70. The minimum Gasteiger partial charge on any atom is -0.461 e. The van der Waals surface area contributed by atoms with Crippen molar-refractivity contribution < 1.29 is 4.74 Å². The second kappa shape index (κ2) is 13.7. The van der Waals surface area contributed by atoms with Crippen LogP contribution in [0.25, 0.3) is 0 Å². The smallest absolute Gasteiger partial charge is 0.330 e. The molecule has 0 aromatic rings. The highest BCUT2D eigenvalue weighted by molar-refractivity contribution is 5.85. The number of nitrogens with two attached hydrogens (primary N) is 2. The number of aliphatic imine (C=N–C) groups is 1. The summed E-state index contributed by atoms with van der Waals surface area (Å²) in [4.78, 5) is 3.69. The summed E-state index contributed by atoms with van der Waals surface area (Å²) in [6, 6.07) is 0.208. The minimum absolute atomic E-state index is 0. The van der Waals surface area contributed by atoms with Crippen molar-refractivity contribution in [2.75, 3.05) is 13.2 Å². The van der Waals surface area contributed by atoms with E-state index in [-0.39, 0.29) is 41.9 Å². The second-order valence-electron chi connectivity index (χ2n) is 4.34. The first-order chi connectivity index (χ1) is 8.72. The molecule has 0 bridgehead atoms. The van der Waals surface area contributed by atoms with Crippen LogP contribution in [-0.2, 0) is 4.74 Å². The van der Waals surface area contributed by atoms with Crippen LogP contribution in [0.4, 0.5) is 0 Å². The molecule has 0 aromatic heterocycles. The summed E-state index contributed by atoms with van der Waals surface area (Å²) in [6.07, 6.45) is 0. The number of hydrogen-bond donors (Lipinski definition) is 5. The van der Waals surface area contributed by atoms with Crippen molar-refractivity contribution in [2.24, 2.45) is 33.4 Å². The number of ether oxygens (including phenoxy) is 1. The van der Waals surface area contributed by atoms with Crippen LogP contribution in [0.5, 0.6) is 0 Å². The minimum atomic E-state index is 0. The van der Waals surface area contributed by atoms with Gasteiger partial charge in [0.15, 0.2) is 0 Å². The predicted octanol–water partition coefficient (Wildman–Crippen LogP) is 1.98. The summed E-state index contributed by atoms with van der Waals surface area (Å²) in [7, 11) is 0. The lowest BCUT2D eigenvalue weighted by molar-refractivity contribution is 0.340. The molecule has 7 N–H and O–H groups in total. The normalized spacial score (nSPS) is 11.8. The van der Waals surface area contributed by atoms with Gasteiger partial charge in [0.25, 0.3) is 0 Å². The Balaban J connectivity index is -0.000000213. The number of nitrogens with zero attached hydrogens (tertiary/aromatic N) is 2. The zero-order valence-electron chi connectivity index (χ0n) is 12.4. The third-order valence-electron chi connectivity index (χ3n) is 1.91. The van der Waals surface area contributed by atoms with Gasteiger partial charge in [0.05, 0.1) is 18.2 Å². The van der Waals surface area contributed by atoms with Crippen LogP contribution < -0.4 is 11.5 Å². The standard InChI is InChI=1S/2C4H10N2.C3H5N3O.ClH/c2*1-3(2)4(5)6;4-6-3-5-1-2-7-3;/h2*3H,1-2H3,(H3,5,6);4H,1-2H2;1H. The van der Waals surface area contributed by atoms with Crippen LogP contribution in [0, 0.1) is 28.2 Å². The van der Waals surface area contributed by atoms with Crippen LogP contribution in [0.2, 0.25) is 0 Å². The first-order valence-electron chi connectivity index (χ1n) is 5.94. The lowest BCUT2D eigenvalue weighted by Gasteiger charge is -1.95. The fourth-order valence-corrected chi connectivity index (χ4v) is 0.391. The van der Waals surface area contributed by atoms with E-state index in [2.05, 4.69) is 10.1 Å². The van der Waals surface area contributed by atoms with Gasteiger partial charge in [-0.2, -0.15) is 5.53 Å². The highest BCUT2D eigenvalue weighted by Gasteiger charge is 2.02. The van der Waals surface area contributed by atoms with Gasteiger partial charge in [-0.3, -0.25) is 10.8 Å². The topological polar surface area (TPSA) is 158 Å². The van der Waals surface area contributed by atoms with Crippen molar-refractivity contribution in [3.8, 4) is 0 Å². The number of amidine groups is 3. The average molecular weight is 308 g/mol. The number of halogens is 1. The molecule has 1 heterocycles. The molecule has 8 nitrogen and oxygen atoms in total. The van der Waals surface area contributed by atoms with Gasteiger partial charge in [0.2, 0.25) is 0 Å². The quantitative estimate of drug-likeness (QED) is 0.300. The molecule has 0 aliphatic carbocycles. The Hall–Kier alpha value is -1.70. The molecule has 20 heavy (non-hydrogen) atoms. The van der Waals surface area contributed by atoms with Gasteiger partial charge in [0.1, 0.15) is 6.61 Å². The largest absolute Gasteiger partial charge is 0.461 e. The molecule has 1 rings (SSSR count). The van der Waals surface area contributed by atoms with E-state index in [1.807, 2.05) is 27.7 Å². The number of hydrogen-bond acceptors (Lipinski definition) is 6. The van der Waals surface area contributed by atoms with Gasteiger partial charge in [-0.1, -0.05) is 27.7 Å². The molecule has 0 atom stereocenters. The van der Waals surface area contributed by atoms with Crippen molar-refractivity contribution in [1.29, 1.82) is 16.3 Å². The van der Waals surface area contributed by atoms with Gasteiger partial charge < -0.3 is 16.2 Å². The molecule has 1 aliphatic rings. The highest BCUT2D eigenvalue weighted by Crippen LogP contribution is 1.92. The summed E-state index contributed by atoms with van der Waals surface area (Å²) in [5.74, 6) is 0.944. The number of rotatable bonds is 2. The van der Waals surface area contributed by atoms with E-state index >= 15 is 0 Å². The molecule has 0 amide bonds. The third-order valence-corrected chi connectivity index (χ3v) is 1.91. The first kappa shape index (κ1) is 23.4. The van der Waals surface area contributed by atoms with Gasteiger partial charge in [-0.15, -0.1) is 17.5 Å². The molecule has 0 unspecified atom stereocenters. The van der Waals surface area contributed by atoms with Crippen molar-refractivity contribution in [1.82, 2.24) is 0 Å². The Morgan fingerprint density at radius 2 is 1.50 bits per heavy atom. The molecule has 0 radical (unpaired) electrons. The Kier molecular flexibility index (Phi) is 16.1. The van der Waals surface area contributed by atoms with E-state index in [0.717, 1.165) is 0 Å². The summed E-state index contributed by atoms with van der Waals surface area (Å²) in [6.45, 7) is 8.80. The van der Waals surface area contributed by atoms with Crippen LogP contribution in [0.15, 0.2) is 10.1 Å². The lowest BCUT2D eigenvalue weighted by atomic mass is 10.2. The Morgan fingerprint density at radius 3 is 1.60 bits per heavy atom. The Bertz CT molecular complexity index is 311. The summed E-state index contributed by atoms with van der Waals surface area (Å²) in [5, 5.41) is 16.4. The van der Waals surface area contributed by atoms with Gasteiger partial charge >= 0.3 is 6.02 Å². The average Bonchev–Trinajstić information content (AvgIpc) is 2.83. The van der Waals surface area contributed by atoms with E-state index < -0.39 is 0 Å². The monoisotopic (exact) mass is 307 g/mol. The van der Waals surface area contributed by atoms with Gasteiger partial charge in [-0.05, 0) is 0 Å². The Morgan fingerprint density at radius 1 is 1.15 bits per heavy atom. The molecule has 0 fully saturated rings. The van der Waals surface area contributed by atoms with E-state index in [1.165, 1.54) is 0 Å². The zero-order valence-corrected chi connectivity index (χ0v) is 13.3. The van der Waals surface area contributed by atoms with Crippen LogP contribution in [-0.4, -0.2) is 30.8 Å². The van der Waals surface area contributed by atoms with Crippen LogP contribution >= 0.6 is 12.4 Å². The molecule has 0 aromatic carbocycles. The second-order valence-corrected chi connectivity index (χ2v) is 4.34. The molecule has 0 saturated heterocycles. The maximum absolute atomic E-state index is 6.73. The molecule has 9 heteroatoms. The molecule has 118 valence electrons. The maximum atomic E-state index is 6.73. The van der Waals surface area contributed by atoms with E-state index in [4.69, 9.17) is 32.6 Å². The SMILES string of the molecule is CC(C)C(=N)N.CC(C)C(=N)N.Cl.N=NC1=NCCO1. The third kappa shape index (κ3) is 16.3. The zero-order chi connectivity index (χ0) is 15.4. The fourth-order valence-electron chi connectivity index (χ4n) is 0.391. The van der Waals surface area contributed by atoms with Gasteiger partial charge in [0, 0.05) is 11.8 Å². The van der Waals surface area contributed by atoms with Gasteiger partial charge in [-0.25, -0.2) is 4.99 Å². The molecule has 1 aliphatic heterocycles. The van der Waals surface area contributed by atoms with E-state index in [0.29, 0.717) is 13.2 Å². The van der Waals surface area contributed by atoms with Crippen molar-refractivity contribution in [3.63, 3.8) is 0 Å². The Labute approximate surface area is 126 Å². The van der Waals surface area contributed by atoms with Crippen LogP contribution in [0.1, 0.15) is 27.7 Å². The first-order valence-corrected chi connectivity index (χ1v) is 5.94. The van der Waals surface area contributed by atoms with E-state index in [1.54, 1.807) is 0 Å². The maximum Gasteiger partial charge on any atom is 0.330 e. The summed E-state index contributed by atoms with van der Waals surface area (Å²) >= 11 is 0. The van der Waals surface area contributed by atoms with E-state index in [9.17, 15) is 0 Å². The molecule has 0 spiro atoms. The highest BCUT2D eigenvalue weighted by atomic mass is 35.5. The fraction of sp³-hybridized carbons (Fsp3) is 0.727.